The Hall–Kier alpha value is -4.25. The SMILES string of the molecule is CCC(C)C(NC(=O)C(C#N)C(=O)c1nn(-c2ccccc2)c2c1Cc1ccccc1-2)C(=O)O. The van der Waals surface area contributed by atoms with Gasteiger partial charge in [0, 0.05) is 17.5 Å². The molecule has 4 rings (SSSR count). The van der Waals surface area contributed by atoms with E-state index in [4.69, 9.17) is 0 Å². The lowest BCUT2D eigenvalue weighted by Gasteiger charge is -2.21. The van der Waals surface area contributed by atoms with E-state index in [2.05, 4.69) is 10.4 Å². The highest BCUT2D eigenvalue weighted by molar-refractivity contribution is 6.13. The third kappa shape index (κ3) is 3.97. The third-order valence-electron chi connectivity index (χ3n) is 6.29. The van der Waals surface area contributed by atoms with E-state index < -0.39 is 29.6 Å². The maximum atomic E-state index is 13.5. The number of benzene rings is 2. The van der Waals surface area contributed by atoms with Crippen molar-refractivity contribution in [2.75, 3.05) is 0 Å². The number of rotatable bonds is 8. The topological polar surface area (TPSA) is 125 Å². The van der Waals surface area contributed by atoms with E-state index in [0.717, 1.165) is 22.5 Å². The van der Waals surface area contributed by atoms with Crippen molar-refractivity contribution < 1.29 is 19.5 Å². The number of nitrogens with zero attached hydrogens (tertiary/aromatic N) is 3. The number of Topliss-reactive ketones (excluding diaryl/α,β-unsaturated/α-hetero) is 1. The van der Waals surface area contributed by atoms with Crippen LogP contribution in [0.3, 0.4) is 0 Å². The summed E-state index contributed by atoms with van der Waals surface area (Å²) in [6.45, 7) is 3.49. The molecule has 0 saturated carbocycles. The van der Waals surface area contributed by atoms with Gasteiger partial charge in [-0.25, -0.2) is 9.48 Å². The van der Waals surface area contributed by atoms with Crippen molar-refractivity contribution in [3.63, 3.8) is 0 Å². The average molecular weight is 457 g/mol. The Bertz CT molecular complexity index is 1310. The summed E-state index contributed by atoms with van der Waals surface area (Å²) in [5.74, 6) is -4.97. The van der Waals surface area contributed by atoms with Crippen LogP contribution in [-0.4, -0.2) is 38.6 Å². The first kappa shape index (κ1) is 22.9. The van der Waals surface area contributed by atoms with Crippen molar-refractivity contribution in [1.82, 2.24) is 15.1 Å². The van der Waals surface area contributed by atoms with Gasteiger partial charge in [0.05, 0.1) is 17.5 Å². The summed E-state index contributed by atoms with van der Waals surface area (Å²) < 4.78 is 1.67. The van der Waals surface area contributed by atoms with Crippen molar-refractivity contribution in [1.29, 1.82) is 5.26 Å². The predicted molar refractivity (Wildman–Crippen MR) is 124 cm³/mol. The number of carboxylic acids is 1. The smallest absolute Gasteiger partial charge is 0.326 e. The normalized spacial score (nSPS) is 14.3. The van der Waals surface area contributed by atoms with Crippen molar-refractivity contribution in [3.05, 3.63) is 71.4 Å². The number of hydrogen-bond acceptors (Lipinski definition) is 5. The van der Waals surface area contributed by atoms with Crippen LogP contribution in [-0.2, 0) is 16.0 Å². The zero-order chi connectivity index (χ0) is 24.4. The molecular weight excluding hydrogens is 432 g/mol. The van der Waals surface area contributed by atoms with Crippen molar-refractivity contribution in [2.45, 2.75) is 32.7 Å². The molecule has 0 radical (unpaired) electrons. The Morgan fingerprint density at radius 1 is 1.15 bits per heavy atom. The van der Waals surface area contributed by atoms with Crippen LogP contribution in [0, 0.1) is 23.2 Å². The molecule has 1 aliphatic carbocycles. The molecule has 3 unspecified atom stereocenters. The first-order chi connectivity index (χ1) is 16.4. The van der Waals surface area contributed by atoms with Gasteiger partial charge in [-0.1, -0.05) is 62.7 Å². The molecule has 1 aliphatic rings. The minimum absolute atomic E-state index is 0.0483. The molecule has 0 spiro atoms. The largest absolute Gasteiger partial charge is 0.480 e. The van der Waals surface area contributed by atoms with E-state index in [9.17, 15) is 24.8 Å². The summed E-state index contributed by atoms with van der Waals surface area (Å²) in [7, 11) is 0. The molecule has 0 fully saturated rings. The molecule has 3 aromatic rings. The zero-order valence-electron chi connectivity index (χ0n) is 18.9. The highest BCUT2D eigenvalue weighted by Gasteiger charge is 2.38. The van der Waals surface area contributed by atoms with Crippen molar-refractivity contribution in [2.24, 2.45) is 11.8 Å². The summed E-state index contributed by atoms with van der Waals surface area (Å²) in [6.07, 6.45) is 0.958. The Kier molecular flexibility index (Phi) is 6.28. The predicted octanol–water partition coefficient (Wildman–Crippen LogP) is 3.38. The maximum Gasteiger partial charge on any atom is 0.326 e. The minimum atomic E-state index is -1.71. The Balaban J connectivity index is 1.74. The monoisotopic (exact) mass is 456 g/mol. The molecule has 2 N–H and O–H groups in total. The van der Waals surface area contributed by atoms with Gasteiger partial charge in [-0.2, -0.15) is 10.4 Å². The molecule has 0 saturated heterocycles. The number of para-hydroxylation sites is 1. The number of carbonyl (C=O) groups excluding carboxylic acids is 2. The first-order valence-electron chi connectivity index (χ1n) is 11.1. The Labute approximate surface area is 196 Å². The zero-order valence-corrected chi connectivity index (χ0v) is 18.9. The summed E-state index contributed by atoms with van der Waals surface area (Å²) in [6, 6.07) is 17.6. The molecule has 0 aliphatic heterocycles. The van der Waals surface area contributed by atoms with Gasteiger partial charge in [0.1, 0.15) is 11.7 Å². The highest BCUT2D eigenvalue weighted by atomic mass is 16.4. The number of fused-ring (bicyclic) bond motifs is 3. The number of nitrogens with one attached hydrogen (secondary N) is 1. The number of nitriles is 1. The molecule has 1 heterocycles. The number of aromatic nitrogens is 2. The fourth-order valence-corrected chi connectivity index (χ4v) is 4.24. The van der Waals surface area contributed by atoms with E-state index in [-0.39, 0.29) is 11.6 Å². The second kappa shape index (κ2) is 9.32. The highest BCUT2D eigenvalue weighted by Crippen LogP contribution is 2.40. The van der Waals surface area contributed by atoms with Gasteiger partial charge < -0.3 is 10.4 Å². The maximum absolute atomic E-state index is 13.5. The van der Waals surface area contributed by atoms with E-state index in [1.165, 1.54) is 0 Å². The molecule has 34 heavy (non-hydrogen) atoms. The minimum Gasteiger partial charge on any atom is -0.480 e. The van der Waals surface area contributed by atoms with Gasteiger partial charge in [-0.05, 0) is 23.6 Å². The number of carbonyl (C=O) groups is 3. The summed E-state index contributed by atoms with van der Waals surface area (Å²) in [4.78, 5) is 38.0. The summed E-state index contributed by atoms with van der Waals surface area (Å²) in [5.41, 5.74) is 4.16. The number of ketones is 1. The first-order valence-corrected chi connectivity index (χ1v) is 11.1. The van der Waals surface area contributed by atoms with Crippen LogP contribution in [0.1, 0.15) is 41.9 Å². The van der Waals surface area contributed by atoms with Gasteiger partial charge in [-0.15, -0.1) is 0 Å². The van der Waals surface area contributed by atoms with Gasteiger partial charge in [0.15, 0.2) is 5.92 Å². The van der Waals surface area contributed by atoms with Gasteiger partial charge in [0.25, 0.3) is 0 Å². The van der Waals surface area contributed by atoms with E-state index >= 15 is 0 Å². The molecule has 8 nitrogen and oxygen atoms in total. The molecule has 8 heteroatoms. The lowest BCUT2D eigenvalue weighted by molar-refractivity contribution is -0.143. The molecule has 2 aromatic carbocycles. The van der Waals surface area contributed by atoms with Crippen LogP contribution < -0.4 is 5.32 Å². The summed E-state index contributed by atoms with van der Waals surface area (Å²) >= 11 is 0. The number of hydrogen-bond donors (Lipinski definition) is 2. The van der Waals surface area contributed by atoms with Crippen LogP contribution in [0.2, 0.25) is 0 Å². The third-order valence-corrected chi connectivity index (χ3v) is 6.29. The lowest BCUT2D eigenvalue weighted by Crippen LogP contribution is -2.48. The summed E-state index contributed by atoms with van der Waals surface area (Å²) in [5, 5.41) is 26.1. The molecule has 0 bridgehead atoms. The van der Waals surface area contributed by atoms with Crippen LogP contribution in [0.25, 0.3) is 16.9 Å². The van der Waals surface area contributed by atoms with Crippen LogP contribution in [0.5, 0.6) is 0 Å². The molecule has 3 atom stereocenters. The molecule has 1 amide bonds. The number of carboxylic acid groups (broad SMARTS) is 1. The molecular formula is C26H24N4O4. The Morgan fingerprint density at radius 3 is 2.47 bits per heavy atom. The van der Waals surface area contributed by atoms with Gasteiger partial charge in [0.2, 0.25) is 11.7 Å². The number of aliphatic carboxylic acids is 1. The van der Waals surface area contributed by atoms with E-state index in [1.807, 2.05) is 54.6 Å². The quantitative estimate of drug-likeness (QED) is 0.309. The van der Waals surface area contributed by atoms with E-state index in [0.29, 0.717) is 18.4 Å². The van der Waals surface area contributed by atoms with Crippen LogP contribution in [0.4, 0.5) is 0 Å². The molecule has 1 aromatic heterocycles. The van der Waals surface area contributed by atoms with E-state index in [1.54, 1.807) is 24.6 Å². The standard InChI is InChI=1S/C26H24N4O4/c1-3-15(2)21(26(33)34)28-25(32)20(14-27)24(31)22-19-13-16-9-7-8-12-18(16)23(19)30(29-22)17-10-5-4-6-11-17/h4-12,15,20-21H,3,13H2,1-2H3,(H,28,32)(H,33,34). The van der Waals surface area contributed by atoms with Crippen LogP contribution in [0.15, 0.2) is 54.6 Å². The van der Waals surface area contributed by atoms with Crippen molar-refractivity contribution in [3.8, 4) is 23.0 Å². The second-order valence-electron chi connectivity index (χ2n) is 8.39. The average Bonchev–Trinajstić information content (AvgIpc) is 3.40. The Morgan fingerprint density at radius 2 is 1.82 bits per heavy atom. The van der Waals surface area contributed by atoms with Crippen LogP contribution >= 0.6 is 0 Å². The van der Waals surface area contributed by atoms with Gasteiger partial charge in [-0.3, -0.25) is 9.59 Å². The fraction of sp³-hybridized carbons (Fsp3) is 0.269. The number of amides is 1. The van der Waals surface area contributed by atoms with Gasteiger partial charge >= 0.3 is 5.97 Å². The second-order valence-corrected chi connectivity index (χ2v) is 8.39. The van der Waals surface area contributed by atoms with Crippen molar-refractivity contribution >= 4 is 17.7 Å². The fourth-order valence-electron chi connectivity index (χ4n) is 4.24. The molecule has 172 valence electrons. The lowest BCUT2D eigenvalue weighted by atomic mass is 9.95.